The van der Waals surface area contributed by atoms with Crippen LogP contribution < -0.4 is 5.32 Å². The molecule has 7 heteroatoms. The first-order chi connectivity index (χ1) is 13.8. The number of sulfone groups is 1. The van der Waals surface area contributed by atoms with Gasteiger partial charge in [0.15, 0.2) is 9.84 Å². The Labute approximate surface area is 171 Å². The molecule has 0 bridgehead atoms. The van der Waals surface area contributed by atoms with Gasteiger partial charge in [-0.2, -0.15) is 0 Å². The van der Waals surface area contributed by atoms with Crippen molar-refractivity contribution in [1.29, 1.82) is 0 Å². The zero-order chi connectivity index (χ0) is 20.9. The van der Waals surface area contributed by atoms with Gasteiger partial charge >= 0.3 is 0 Å². The Morgan fingerprint density at radius 2 is 1.59 bits per heavy atom. The molecule has 1 aliphatic rings. The summed E-state index contributed by atoms with van der Waals surface area (Å²) in [5.41, 5.74) is 2.00. The lowest BCUT2D eigenvalue weighted by atomic mass is 10.0. The third kappa shape index (κ3) is 6.15. The normalized spacial score (nSPS) is 15.1. The lowest BCUT2D eigenvalue weighted by Crippen LogP contribution is -2.49. The molecule has 2 aromatic carbocycles. The van der Waals surface area contributed by atoms with Crippen LogP contribution in [-0.4, -0.2) is 50.5 Å². The van der Waals surface area contributed by atoms with Crippen molar-refractivity contribution in [2.24, 2.45) is 0 Å². The van der Waals surface area contributed by atoms with Crippen LogP contribution in [0.3, 0.4) is 0 Å². The fourth-order valence-corrected chi connectivity index (χ4v) is 4.30. The minimum absolute atomic E-state index is 0.0617. The van der Waals surface area contributed by atoms with Crippen molar-refractivity contribution in [3.05, 3.63) is 71.3 Å². The molecule has 1 saturated heterocycles. The van der Waals surface area contributed by atoms with E-state index in [-0.39, 0.29) is 17.6 Å². The molecule has 154 valence electrons. The van der Waals surface area contributed by atoms with Crippen LogP contribution in [0.5, 0.6) is 0 Å². The van der Waals surface area contributed by atoms with E-state index >= 15 is 0 Å². The molecule has 1 heterocycles. The van der Waals surface area contributed by atoms with Gasteiger partial charge in [0.05, 0.1) is 5.75 Å². The Balaban J connectivity index is 1.73. The first kappa shape index (κ1) is 21.0. The van der Waals surface area contributed by atoms with E-state index in [1.54, 1.807) is 24.3 Å². The van der Waals surface area contributed by atoms with Gasteiger partial charge in [-0.25, -0.2) is 8.42 Å². The lowest BCUT2D eigenvalue weighted by molar-refractivity contribution is -0.132. The van der Waals surface area contributed by atoms with Crippen LogP contribution in [0.4, 0.5) is 0 Å². The number of benzene rings is 2. The molecule has 0 spiro atoms. The second-order valence-electron chi connectivity index (χ2n) is 7.52. The summed E-state index contributed by atoms with van der Waals surface area (Å²) in [6.45, 7) is 1.44. The molecule has 29 heavy (non-hydrogen) atoms. The number of carbonyl (C=O) groups is 2. The first-order valence-electron chi connectivity index (χ1n) is 9.72. The third-order valence-electron chi connectivity index (χ3n) is 4.95. The van der Waals surface area contributed by atoms with Crippen molar-refractivity contribution in [2.45, 2.75) is 31.1 Å². The number of hydrogen-bond acceptors (Lipinski definition) is 4. The average Bonchev–Trinajstić information content (AvgIpc) is 3.22. The Bertz CT molecular complexity index is 950. The van der Waals surface area contributed by atoms with E-state index in [1.807, 2.05) is 35.2 Å². The Hall–Kier alpha value is -2.67. The van der Waals surface area contributed by atoms with Crippen molar-refractivity contribution in [3.63, 3.8) is 0 Å². The molecule has 1 unspecified atom stereocenters. The highest BCUT2D eigenvalue weighted by molar-refractivity contribution is 7.89. The van der Waals surface area contributed by atoms with Gasteiger partial charge in [-0.15, -0.1) is 0 Å². The predicted octanol–water partition coefficient (Wildman–Crippen LogP) is 2.19. The molecule has 1 atom stereocenters. The molecule has 2 aromatic rings. The van der Waals surface area contributed by atoms with Crippen LogP contribution in [-0.2, 0) is 26.8 Å². The van der Waals surface area contributed by atoms with Crippen molar-refractivity contribution in [2.75, 3.05) is 19.3 Å². The highest BCUT2D eigenvalue weighted by Crippen LogP contribution is 2.14. The highest BCUT2D eigenvalue weighted by Gasteiger charge is 2.28. The predicted molar refractivity (Wildman–Crippen MR) is 112 cm³/mol. The minimum Gasteiger partial charge on any atom is -0.341 e. The molecule has 6 nitrogen and oxygen atoms in total. The lowest BCUT2D eigenvalue weighted by Gasteiger charge is -2.24. The quantitative estimate of drug-likeness (QED) is 0.753. The summed E-state index contributed by atoms with van der Waals surface area (Å²) in [6.07, 6.45) is 3.57. The van der Waals surface area contributed by atoms with E-state index in [9.17, 15) is 18.0 Å². The summed E-state index contributed by atoms with van der Waals surface area (Å²) < 4.78 is 22.8. The standard InChI is InChI=1S/C22H26N2O4S/c1-29(27,28)16-18-9-11-19(12-10-18)21(25)23-20(15-17-7-3-2-4-8-17)22(26)24-13-5-6-14-24/h2-4,7-12,20H,5-6,13-16H2,1H3,(H,23,25). The summed E-state index contributed by atoms with van der Waals surface area (Å²) >= 11 is 0. The maximum atomic E-state index is 13.0. The topological polar surface area (TPSA) is 83.5 Å². The van der Waals surface area contributed by atoms with E-state index in [1.165, 1.54) is 6.26 Å². The smallest absolute Gasteiger partial charge is 0.251 e. The SMILES string of the molecule is CS(=O)(=O)Cc1ccc(C(=O)NC(Cc2ccccc2)C(=O)N2CCCC2)cc1. The van der Waals surface area contributed by atoms with Gasteiger partial charge in [0.1, 0.15) is 6.04 Å². The second kappa shape index (κ2) is 9.22. The van der Waals surface area contributed by atoms with Crippen LogP contribution in [0.15, 0.2) is 54.6 Å². The molecule has 2 amide bonds. The zero-order valence-electron chi connectivity index (χ0n) is 16.5. The summed E-state index contributed by atoms with van der Waals surface area (Å²) in [7, 11) is -3.14. The van der Waals surface area contributed by atoms with E-state index < -0.39 is 15.9 Å². The fraction of sp³-hybridized carbons (Fsp3) is 0.364. The molecule has 0 saturated carbocycles. The number of likely N-dealkylation sites (tertiary alicyclic amines) is 1. The summed E-state index contributed by atoms with van der Waals surface area (Å²) in [5, 5.41) is 2.88. The summed E-state index contributed by atoms with van der Waals surface area (Å²) in [6, 6.07) is 15.4. The molecule has 0 aliphatic carbocycles. The highest BCUT2D eigenvalue weighted by atomic mass is 32.2. The van der Waals surface area contributed by atoms with E-state index in [0.717, 1.165) is 31.5 Å². The number of hydrogen-bond donors (Lipinski definition) is 1. The van der Waals surface area contributed by atoms with Gasteiger partial charge in [0.25, 0.3) is 5.91 Å². The molecular weight excluding hydrogens is 388 g/mol. The Kier molecular flexibility index (Phi) is 6.69. The number of amides is 2. The molecule has 1 fully saturated rings. The Morgan fingerprint density at radius 3 is 2.17 bits per heavy atom. The van der Waals surface area contributed by atoms with Crippen molar-refractivity contribution >= 4 is 21.7 Å². The molecule has 1 aliphatic heterocycles. The van der Waals surface area contributed by atoms with E-state index in [4.69, 9.17) is 0 Å². The number of carbonyl (C=O) groups excluding carboxylic acids is 2. The van der Waals surface area contributed by atoms with Gasteiger partial charge in [0.2, 0.25) is 5.91 Å². The van der Waals surface area contributed by atoms with Gasteiger partial charge in [-0.05, 0) is 36.1 Å². The van der Waals surface area contributed by atoms with Gasteiger partial charge in [0, 0.05) is 31.3 Å². The molecule has 1 N–H and O–H groups in total. The molecule has 0 radical (unpaired) electrons. The Morgan fingerprint density at radius 1 is 0.966 bits per heavy atom. The average molecular weight is 415 g/mol. The third-order valence-corrected chi connectivity index (χ3v) is 5.81. The van der Waals surface area contributed by atoms with E-state index in [0.29, 0.717) is 17.5 Å². The van der Waals surface area contributed by atoms with E-state index in [2.05, 4.69) is 5.32 Å². The monoisotopic (exact) mass is 414 g/mol. The van der Waals surface area contributed by atoms with Gasteiger partial charge in [-0.3, -0.25) is 9.59 Å². The zero-order valence-corrected chi connectivity index (χ0v) is 17.3. The van der Waals surface area contributed by atoms with Crippen LogP contribution in [0.25, 0.3) is 0 Å². The van der Waals surface area contributed by atoms with Gasteiger partial charge < -0.3 is 10.2 Å². The van der Waals surface area contributed by atoms with Crippen LogP contribution in [0, 0.1) is 0 Å². The molecular formula is C22H26N2O4S. The fourth-order valence-electron chi connectivity index (χ4n) is 3.50. The maximum Gasteiger partial charge on any atom is 0.251 e. The number of rotatable bonds is 7. The van der Waals surface area contributed by atoms with Crippen molar-refractivity contribution < 1.29 is 18.0 Å². The minimum atomic E-state index is -3.14. The first-order valence-corrected chi connectivity index (χ1v) is 11.8. The van der Waals surface area contributed by atoms with Crippen LogP contribution in [0.1, 0.15) is 34.3 Å². The maximum absolute atomic E-state index is 13.0. The molecule has 3 rings (SSSR count). The van der Waals surface area contributed by atoms with Gasteiger partial charge in [-0.1, -0.05) is 42.5 Å². The summed E-state index contributed by atoms with van der Waals surface area (Å²) in [4.78, 5) is 27.5. The van der Waals surface area contributed by atoms with Crippen LogP contribution >= 0.6 is 0 Å². The second-order valence-corrected chi connectivity index (χ2v) is 9.66. The number of nitrogens with zero attached hydrogens (tertiary/aromatic N) is 1. The van der Waals surface area contributed by atoms with Crippen LogP contribution in [0.2, 0.25) is 0 Å². The number of nitrogens with one attached hydrogen (secondary N) is 1. The molecule has 0 aromatic heterocycles. The largest absolute Gasteiger partial charge is 0.341 e. The van der Waals surface area contributed by atoms with Crippen molar-refractivity contribution in [3.8, 4) is 0 Å². The summed E-state index contributed by atoms with van der Waals surface area (Å²) in [5.74, 6) is -0.475. The van der Waals surface area contributed by atoms with Crippen molar-refractivity contribution in [1.82, 2.24) is 10.2 Å².